The zero-order valence-corrected chi connectivity index (χ0v) is 17.6. The molecule has 1 fully saturated rings. The van der Waals surface area contributed by atoms with Crippen molar-refractivity contribution < 1.29 is 10.0 Å². The number of rotatable bonds is 5. The Labute approximate surface area is 173 Å². The lowest BCUT2D eigenvalue weighted by atomic mass is 9.89. The van der Waals surface area contributed by atoms with Gasteiger partial charge < -0.3 is 5.11 Å². The molecule has 3 atom stereocenters. The van der Waals surface area contributed by atoms with E-state index in [2.05, 4.69) is 28.8 Å². The average molecular weight is 416 g/mol. The summed E-state index contributed by atoms with van der Waals surface area (Å²) in [4.78, 5) is 19.0. The van der Waals surface area contributed by atoms with Gasteiger partial charge in [0.2, 0.25) is 10.8 Å². The Kier molecular flexibility index (Phi) is 5.26. The number of fused-ring (bicyclic) bond motifs is 1. The molecule has 1 N–H and O–H groups in total. The van der Waals surface area contributed by atoms with Gasteiger partial charge >= 0.3 is 0 Å². The van der Waals surface area contributed by atoms with Gasteiger partial charge in [0.25, 0.3) is 5.69 Å². The minimum Gasteiger partial charge on any atom is -0.492 e. The van der Waals surface area contributed by atoms with Crippen LogP contribution in [0.3, 0.4) is 0 Å². The molecule has 2 aromatic heterocycles. The van der Waals surface area contributed by atoms with Crippen molar-refractivity contribution >= 4 is 22.0 Å². The molecule has 0 bridgehead atoms. The Balaban J connectivity index is 1.80. The lowest BCUT2D eigenvalue weighted by Gasteiger charge is -2.40. The molecule has 0 amide bonds. The highest BCUT2D eigenvalue weighted by Crippen LogP contribution is 2.42. The summed E-state index contributed by atoms with van der Waals surface area (Å²) in [6.07, 6.45) is 1.88. The van der Waals surface area contributed by atoms with Gasteiger partial charge in [0, 0.05) is 31.6 Å². The Bertz CT molecular complexity index is 1020. The highest BCUT2D eigenvalue weighted by molar-refractivity contribution is 7.17. The molecule has 8 nitrogen and oxygen atoms in total. The molecular weight excluding hydrogens is 390 g/mol. The van der Waals surface area contributed by atoms with E-state index in [9.17, 15) is 15.2 Å². The third-order valence-electron chi connectivity index (χ3n) is 5.49. The van der Waals surface area contributed by atoms with Gasteiger partial charge in [-0.2, -0.15) is 4.52 Å². The Morgan fingerprint density at radius 2 is 1.93 bits per heavy atom. The van der Waals surface area contributed by atoms with Gasteiger partial charge in [-0.1, -0.05) is 44.2 Å². The molecule has 0 spiro atoms. The maximum atomic E-state index is 11.1. The minimum absolute atomic E-state index is 0.0624. The predicted molar refractivity (Wildman–Crippen MR) is 111 cm³/mol. The van der Waals surface area contributed by atoms with Crippen molar-refractivity contribution in [2.24, 2.45) is 11.8 Å². The number of nitro groups is 1. The van der Waals surface area contributed by atoms with Crippen LogP contribution < -0.4 is 0 Å². The van der Waals surface area contributed by atoms with Crippen LogP contribution >= 0.6 is 11.3 Å². The average Bonchev–Trinajstić information content (AvgIpc) is 3.21. The first kappa shape index (κ1) is 19.8. The lowest BCUT2D eigenvalue weighted by molar-refractivity contribution is -0.384. The van der Waals surface area contributed by atoms with Gasteiger partial charge in [0.1, 0.15) is 0 Å². The van der Waals surface area contributed by atoms with E-state index in [1.54, 1.807) is 12.1 Å². The number of aryl methyl sites for hydroxylation is 1. The van der Waals surface area contributed by atoms with Crippen LogP contribution in [0.15, 0.2) is 24.3 Å². The monoisotopic (exact) mass is 415 g/mol. The van der Waals surface area contributed by atoms with Crippen LogP contribution in [0.5, 0.6) is 5.88 Å². The first-order chi connectivity index (χ1) is 13.9. The van der Waals surface area contributed by atoms with E-state index in [1.165, 1.54) is 34.4 Å². The summed E-state index contributed by atoms with van der Waals surface area (Å²) in [6, 6.07) is 6.45. The number of thiazole rings is 1. The van der Waals surface area contributed by atoms with Crippen LogP contribution in [0.1, 0.15) is 49.5 Å². The topological polar surface area (TPSA) is 96.8 Å². The molecule has 9 heteroatoms. The summed E-state index contributed by atoms with van der Waals surface area (Å²) in [5, 5.41) is 26.4. The van der Waals surface area contributed by atoms with E-state index in [-0.39, 0.29) is 17.6 Å². The first-order valence-electron chi connectivity index (χ1n) is 9.93. The highest BCUT2D eigenvalue weighted by atomic mass is 32.1. The molecule has 154 valence electrons. The van der Waals surface area contributed by atoms with Crippen LogP contribution in [0.25, 0.3) is 4.96 Å². The standard InChI is InChI=1S/C20H25N5O3S/c1-4-16-21-20-24(22-16)19(26)18(29-20)17(23-10-12(2)9-13(3)11-23)14-5-7-15(8-6-14)25(27)28/h5-8,12-13,17,26H,4,9-11H2,1-3H3. The number of likely N-dealkylation sites (tertiary alicyclic amines) is 1. The zero-order chi connectivity index (χ0) is 20.7. The van der Waals surface area contributed by atoms with Crippen molar-refractivity contribution in [3.63, 3.8) is 0 Å². The van der Waals surface area contributed by atoms with Crippen LogP contribution in [0.4, 0.5) is 5.69 Å². The number of hydrogen-bond acceptors (Lipinski definition) is 7. The van der Waals surface area contributed by atoms with Crippen molar-refractivity contribution in [2.75, 3.05) is 13.1 Å². The molecule has 1 aliphatic heterocycles. The predicted octanol–water partition coefficient (Wildman–Crippen LogP) is 4.03. The van der Waals surface area contributed by atoms with Crippen molar-refractivity contribution in [1.82, 2.24) is 19.5 Å². The largest absolute Gasteiger partial charge is 0.492 e. The quantitative estimate of drug-likeness (QED) is 0.499. The molecular formula is C20H25N5O3S. The molecule has 29 heavy (non-hydrogen) atoms. The third-order valence-corrected chi connectivity index (χ3v) is 6.56. The van der Waals surface area contributed by atoms with Gasteiger partial charge in [-0.25, -0.2) is 4.98 Å². The van der Waals surface area contributed by atoms with Gasteiger partial charge in [0.05, 0.1) is 15.8 Å². The summed E-state index contributed by atoms with van der Waals surface area (Å²) in [6.45, 7) is 8.27. The summed E-state index contributed by atoms with van der Waals surface area (Å²) < 4.78 is 1.51. The van der Waals surface area contributed by atoms with Gasteiger partial charge in [-0.05, 0) is 23.8 Å². The number of benzene rings is 1. The molecule has 1 aliphatic rings. The van der Waals surface area contributed by atoms with Crippen molar-refractivity contribution in [3.8, 4) is 5.88 Å². The van der Waals surface area contributed by atoms with E-state index in [0.29, 0.717) is 29.0 Å². The summed E-state index contributed by atoms with van der Waals surface area (Å²) in [5.74, 6) is 1.88. The molecule has 3 unspecified atom stereocenters. The van der Waals surface area contributed by atoms with E-state index in [0.717, 1.165) is 23.5 Å². The number of aromatic hydroxyl groups is 1. The summed E-state index contributed by atoms with van der Waals surface area (Å²) in [7, 11) is 0. The number of piperidine rings is 1. The number of non-ortho nitro benzene ring substituents is 1. The molecule has 0 saturated carbocycles. The van der Waals surface area contributed by atoms with Crippen LogP contribution in [-0.4, -0.2) is 42.6 Å². The second-order valence-electron chi connectivity index (χ2n) is 8.02. The van der Waals surface area contributed by atoms with Crippen LogP contribution in [0, 0.1) is 22.0 Å². The zero-order valence-electron chi connectivity index (χ0n) is 16.8. The second kappa shape index (κ2) is 7.72. The SMILES string of the molecule is CCc1nc2sc(C(c3ccc([N+](=O)[O-])cc3)N3CC(C)CC(C)C3)c(O)n2n1. The third kappa shape index (κ3) is 3.72. The number of nitro benzene ring substituents is 1. The Morgan fingerprint density at radius 3 is 2.48 bits per heavy atom. The molecule has 0 aliphatic carbocycles. The lowest BCUT2D eigenvalue weighted by Crippen LogP contribution is -2.41. The smallest absolute Gasteiger partial charge is 0.269 e. The van der Waals surface area contributed by atoms with Crippen molar-refractivity contribution in [2.45, 2.75) is 39.7 Å². The number of nitrogens with zero attached hydrogens (tertiary/aromatic N) is 5. The fourth-order valence-electron chi connectivity index (χ4n) is 4.35. The summed E-state index contributed by atoms with van der Waals surface area (Å²) in [5.41, 5.74) is 0.986. The van der Waals surface area contributed by atoms with Gasteiger partial charge in [-0.3, -0.25) is 15.0 Å². The van der Waals surface area contributed by atoms with Gasteiger partial charge in [0.15, 0.2) is 5.82 Å². The number of aromatic nitrogens is 3. The van der Waals surface area contributed by atoms with Crippen LogP contribution in [-0.2, 0) is 6.42 Å². The fourth-order valence-corrected chi connectivity index (χ4v) is 5.48. The maximum Gasteiger partial charge on any atom is 0.269 e. The van der Waals surface area contributed by atoms with E-state index in [1.807, 2.05) is 6.92 Å². The Morgan fingerprint density at radius 1 is 1.28 bits per heavy atom. The van der Waals surface area contributed by atoms with Gasteiger partial charge in [-0.15, -0.1) is 5.10 Å². The molecule has 1 saturated heterocycles. The highest BCUT2D eigenvalue weighted by Gasteiger charge is 2.33. The minimum atomic E-state index is -0.392. The van der Waals surface area contributed by atoms with E-state index >= 15 is 0 Å². The second-order valence-corrected chi connectivity index (χ2v) is 9.03. The van der Waals surface area contributed by atoms with Crippen molar-refractivity contribution in [1.29, 1.82) is 0 Å². The van der Waals surface area contributed by atoms with Crippen LogP contribution in [0.2, 0.25) is 0 Å². The maximum absolute atomic E-state index is 11.1. The van der Waals surface area contributed by atoms with E-state index < -0.39 is 4.92 Å². The number of hydrogen-bond donors (Lipinski definition) is 1. The first-order valence-corrected chi connectivity index (χ1v) is 10.7. The van der Waals surface area contributed by atoms with E-state index in [4.69, 9.17) is 0 Å². The molecule has 0 radical (unpaired) electrons. The molecule has 3 aromatic rings. The Hall–Kier alpha value is -2.52. The summed E-state index contributed by atoms with van der Waals surface area (Å²) >= 11 is 1.43. The normalized spacial score (nSPS) is 21.5. The molecule has 1 aromatic carbocycles. The van der Waals surface area contributed by atoms with Crippen molar-refractivity contribution in [3.05, 3.63) is 50.6 Å². The molecule has 3 heterocycles. The molecule has 4 rings (SSSR count). The fraction of sp³-hybridized carbons (Fsp3) is 0.500.